The maximum atomic E-state index is 12.5. The molecule has 0 aromatic heterocycles. The van der Waals surface area contributed by atoms with E-state index >= 15 is 0 Å². The third-order valence-electron chi connectivity index (χ3n) is 4.89. The molecule has 1 atom stereocenters. The Morgan fingerprint density at radius 1 is 1.28 bits per heavy atom. The number of ether oxygens (including phenoxy) is 1. The van der Waals surface area contributed by atoms with Crippen LogP contribution in [0.5, 0.6) is 5.75 Å². The number of aryl methyl sites for hydroxylation is 2. The predicted molar refractivity (Wildman–Crippen MR) is 101 cm³/mol. The van der Waals surface area contributed by atoms with Gasteiger partial charge in [-0.3, -0.25) is 9.69 Å². The van der Waals surface area contributed by atoms with Crippen molar-refractivity contribution in [3.05, 3.63) is 59.2 Å². The van der Waals surface area contributed by atoms with Crippen molar-refractivity contribution in [1.82, 2.24) is 4.90 Å². The predicted octanol–water partition coefficient (Wildman–Crippen LogP) is 3.95. The Morgan fingerprint density at radius 2 is 2.08 bits per heavy atom. The van der Waals surface area contributed by atoms with Gasteiger partial charge >= 0.3 is 0 Å². The number of amides is 1. The quantitative estimate of drug-likeness (QED) is 0.897. The lowest BCUT2D eigenvalue weighted by molar-refractivity contribution is -0.117. The van der Waals surface area contributed by atoms with Crippen molar-refractivity contribution in [2.24, 2.45) is 0 Å². The molecule has 2 aromatic carbocycles. The Hall–Kier alpha value is -2.33. The lowest BCUT2D eigenvalue weighted by Gasteiger charge is -2.32. The summed E-state index contributed by atoms with van der Waals surface area (Å²) in [7, 11) is 3.64. The molecule has 1 aliphatic carbocycles. The van der Waals surface area contributed by atoms with Crippen LogP contribution in [0.25, 0.3) is 0 Å². The van der Waals surface area contributed by atoms with Gasteiger partial charge in [-0.25, -0.2) is 0 Å². The number of rotatable bonds is 5. The van der Waals surface area contributed by atoms with Crippen LogP contribution in [-0.4, -0.2) is 31.5 Å². The summed E-state index contributed by atoms with van der Waals surface area (Å²) in [6, 6.07) is 14.7. The minimum Gasteiger partial charge on any atom is -0.495 e. The number of methoxy groups -OCH3 is 1. The maximum absolute atomic E-state index is 12.5. The summed E-state index contributed by atoms with van der Waals surface area (Å²) in [6.07, 6.45) is 3.39. The molecule has 4 nitrogen and oxygen atoms in total. The average molecular weight is 338 g/mol. The van der Waals surface area contributed by atoms with Crippen molar-refractivity contribution in [1.29, 1.82) is 0 Å². The van der Waals surface area contributed by atoms with E-state index in [1.54, 1.807) is 7.11 Å². The minimum atomic E-state index is -0.0190. The molecule has 0 spiro atoms. The van der Waals surface area contributed by atoms with Gasteiger partial charge in [-0.1, -0.05) is 30.3 Å². The molecule has 1 amide bonds. The van der Waals surface area contributed by atoms with Gasteiger partial charge in [0.05, 0.1) is 19.3 Å². The van der Waals surface area contributed by atoms with Crippen molar-refractivity contribution in [2.75, 3.05) is 26.0 Å². The van der Waals surface area contributed by atoms with Gasteiger partial charge in [-0.15, -0.1) is 0 Å². The molecule has 0 heterocycles. The zero-order valence-electron chi connectivity index (χ0n) is 15.2. The highest BCUT2D eigenvalue weighted by Crippen LogP contribution is 2.33. The monoisotopic (exact) mass is 338 g/mol. The van der Waals surface area contributed by atoms with E-state index in [1.807, 2.05) is 32.2 Å². The summed E-state index contributed by atoms with van der Waals surface area (Å²) in [5.74, 6) is 0.666. The van der Waals surface area contributed by atoms with E-state index in [0.717, 1.165) is 24.1 Å². The van der Waals surface area contributed by atoms with E-state index in [2.05, 4.69) is 34.5 Å². The van der Waals surface area contributed by atoms with Gasteiger partial charge in [0.15, 0.2) is 0 Å². The molecule has 1 aliphatic rings. The second-order valence-corrected chi connectivity index (χ2v) is 6.77. The Morgan fingerprint density at radius 3 is 2.88 bits per heavy atom. The molecule has 0 bridgehead atoms. The normalized spacial score (nSPS) is 16.4. The molecule has 0 saturated heterocycles. The summed E-state index contributed by atoms with van der Waals surface area (Å²) in [4.78, 5) is 14.7. The van der Waals surface area contributed by atoms with Gasteiger partial charge in [-0.2, -0.15) is 0 Å². The van der Waals surface area contributed by atoms with E-state index in [0.29, 0.717) is 18.3 Å². The first kappa shape index (κ1) is 17.5. The van der Waals surface area contributed by atoms with E-state index in [1.165, 1.54) is 17.5 Å². The number of fused-ring (bicyclic) bond motifs is 1. The van der Waals surface area contributed by atoms with E-state index in [4.69, 9.17) is 4.74 Å². The fraction of sp³-hybridized carbons (Fsp3) is 0.381. The van der Waals surface area contributed by atoms with Crippen molar-refractivity contribution in [3.63, 3.8) is 0 Å². The number of anilines is 1. The number of carbonyl (C=O) groups is 1. The van der Waals surface area contributed by atoms with Crippen molar-refractivity contribution >= 4 is 11.6 Å². The summed E-state index contributed by atoms with van der Waals surface area (Å²) < 4.78 is 5.34. The van der Waals surface area contributed by atoms with Crippen LogP contribution in [0.3, 0.4) is 0 Å². The van der Waals surface area contributed by atoms with E-state index in [9.17, 15) is 4.79 Å². The smallest absolute Gasteiger partial charge is 0.238 e. The SMILES string of the molecule is COc1ccc(C)cc1NC(=O)CN(C)[C@@H]1CCCc2ccccc21. The Labute approximate surface area is 149 Å². The standard InChI is InChI=1S/C21H26N2O2/c1-15-11-12-20(25-3)18(13-15)22-21(24)14-23(2)19-10-6-8-16-7-4-5-9-17(16)19/h4-5,7,9,11-13,19H,6,8,10,14H2,1-3H3,(H,22,24)/t19-/m1/s1. The van der Waals surface area contributed by atoms with Crippen LogP contribution >= 0.6 is 0 Å². The summed E-state index contributed by atoms with van der Waals surface area (Å²) in [6.45, 7) is 2.36. The highest BCUT2D eigenvalue weighted by molar-refractivity contribution is 5.93. The zero-order valence-corrected chi connectivity index (χ0v) is 15.2. The van der Waals surface area contributed by atoms with Crippen molar-refractivity contribution < 1.29 is 9.53 Å². The number of hydrogen-bond donors (Lipinski definition) is 1. The summed E-state index contributed by atoms with van der Waals surface area (Å²) in [5, 5.41) is 2.99. The molecule has 0 radical (unpaired) electrons. The first-order chi connectivity index (χ1) is 12.1. The molecule has 2 aromatic rings. The lowest BCUT2D eigenvalue weighted by atomic mass is 9.87. The average Bonchev–Trinajstić information content (AvgIpc) is 2.61. The number of hydrogen-bond acceptors (Lipinski definition) is 3. The van der Waals surface area contributed by atoms with Crippen molar-refractivity contribution in [3.8, 4) is 5.75 Å². The van der Waals surface area contributed by atoms with Gasteiger partial charge in [-0.05, 0) is 62.1 Å². The van der Waals surface area contributed by atoms with Gasteiger partial charge in [0.1, 0.15) is 5.75 Å². The second kappa shape index (κ2) is 7.70. The van der Waals surface area contributed by atoms with Gasteiger partial charge in [0.25, 0.3) is 0 Å². The Kier molecular flexibility index (Phi) is 5.39. The third kappa shape index (κ3) is 4.02. The third-order valence-corrected chi connectivity index (χ3v) is 4.89. The molecule has 0 fully saturated rings. The molecule has 1 N–H and O–H groups in total. The second-order valence-electron chi connectivity index (χ2n) is 6.77. The van der Waals surface area contributed by atoms with E-state index < -0.39 is 0 Å². The van der Waals surface area contributed by atoms with Crippen LogP contribution in [-0.2, 0) is 11.2 Å². The number of carbonyl (C=O) groups excluding carboxylic acids is 1. The van der Waals surface area contributed by atoms with Gasteiger partial charge < -0.3 is 10.1 Å². The molecule has 0 aliphatic heterocycles. The highest BCUT2D eigenvalue weighted by atomic mass is 16.5. The fourth-order valence-electron chi connectivity index (χ4n) is 3.63. The number of nitrogens with one attached hydrogen (secondary N) is 1. The molecular formula is C21H26N2O2. The number of nitrogens with zero attached hydrogens (tertiary/aromatic N) is 1. The lowest BCUT2D eigenvalue weighted by Crippen LogP contribution is -2.35. The summed E-state index contributed by atoms with van der Waals surface area (Å²) >= 11 is 0. The molecule has 3 rings (SSSR count). The van der Waals surface area contributed by atoms with Crippen LogP contribution in [0.2, 0.25) is 0 Å². The van der Waals surface area contributed by atoms with Crippen molar-refractivity contribution in [2.45, 2.75) is 32.2 Å². The van der Waals surface area contributed by atoms with Crippen LogP contribution in [0.1, 0.15) is 35.6 Å². The maximum Gasteiger partial charge on any atom is 0.238 e. The largest absolute Gasteiger partial charge is 0.495 e. The fourth-order valence-corrected chi connectivity index (χ4v) is 3.63. The van der Waals surface area contributed by atoms with Crippen LogP contribution in [0, 0.1) is 6.92 Å². The highest BCUT2D eigenvalue weighted by Gasteiger charge is 2.24. The molecular weight excluding hydrogens is 312 g/mol. The van der Waals surface area contributed by atoms with Crippen LogP contribution in [0.4, 0.5) is 5.69 Å². The molecule has 0 saturated carbocycles. The summed E-state index contributed by atoms with van der Waals surface area (Å²) in [5.41, 5.74) is 4.58. The molecule has 25 heavy (non-hydrogen) atoms. The number of likely N-dealkylation sites (N-methyl/N-ethyl adjacent to an activating group) is 1. The first-order valence-corrected chi connectivity index (χ1v) is 8.81. The topological polar surface area (TPSA) is 41.6 Å². The van der Waals surface area contributed by atoms with Gasteiger partial charge in [0.2, 0.25) is 5.91 Å². The van der Waals surface area contributed by atoms with Crippen LogP contribution in [0.15, 0.2) is 42.5 Å². The molecule has 4 heteroatoms. The Balaban J connectivity index is 1.69. The Bertz CT molecular complexity index is 757. The molecule has 132 valence electrons. The zero-order chi connectivity index (χ0) is 17.8. The molecule has 0 unspecified atom stereocenters. The van der Waals surface area contributed by atoms with Crippen LogP contribution < -0.4 is 10.1 Å². The minimum absolute atomic E-state index is 0.0190. The first-order valence-electron chi connectivity index (χ1n) is 8.81. The number of benzene rings is 2. The van der Waals surface area contributed by atoms with Gasteiger partial charge in [0, 0.05) is 6.04 Å². The van der Waals surface area contributed by atoms with E-state index in [-0.39, 0.29) is 5.91 Å².